The monoisotopic (exact) mass is 229 g/mol. The van der Waals surface area contributed by atoms with E-state index in [4.69, 9.17) is 0 Å². The van der Waals surface area contributed by atoms with Crippen LogP contribution in [0, 0.1) is 25.2 Å². The fourth-order valence-corrected chi connectivity index (χ4v) is 3.02. The summed E-state index contributed by atoms with van der Waals surface area (Å²) in [5.41, 5.74) is 4.98. The maximum absolute atomic E-state index is 3.69. The molecule has 0 amide bonds. The first-order valence-corrected chi connectivity index (χ1v) is 6.96. The molecule has 17 heavy (non-hydrogen) atoms. The summed E-state index contributed by atoms with van der Waals surface area (Å²) in [5.74, 6) is 1.06. The standard InChI is InChI=1S/C16H23N/c1-12-3-4-13(2)14(9-12)10-17-11-16(7-8-16)15-5-6-15/h3-4,9,15,17H,5-8,10-11H2,1-2H3. The Hall–Kier alpha value is -0.820. The molecule has 0 spiro atoms. The number of benzene rings is 1. The Bertz CT molecular complexity index is 414. The first-order valence-electron chi connectivity index (χ1n) is 6.96. The fraction of sp³-hybridized carbons (Fsp3) is 0.625. The van der Waals surface area contributed by atoms with E-state index < -0.39 is 0 Å². The zero-order chi connectivity index (χ0) is 11.9. The SMILES string of the molecule is Cc1ccc(C)c(CNCC2(C3CC3)CC2)c1. The molecule has 0 heterocycles. The van der Waals surface area contributed by atoms with Gasteiger partial charge in [0.2, 0.25) is 0 Å². The molecule has 0 atom stereocenters. The molecule has 1 N–H and O–H groups in total. The van der Waals surface area contributed by atoms with E-state index in [0.29, 0.717) is 0 Å². The lowest BCUT2D eigenvalue weighted by Crippen LogP contribution is -2.25. The predicted octanol–water partition coefficient (Wildman–Crippen LogP) is 3.58. The number of nitrogens with one attached hydrogen (secondary N) is 1. The predicted molar refractivity (Wildman–Crippen MR) is 72.0 cm³/mol. The van der Waals surface area contributed by atoms with Crippen LogP contribution in [0.4, 0.5) is 0 Å². The number of rotatable bonds is 5. The maximum atomic E-state index is 3.69. The summed E-state index contributed by atoms with van der Waals surface area (Å²) >= 11 is 0. The van der Waals surface area contributed by atoms with Crippen LogP contribution in [0.1, 0.15) is 42.4 Å². The van der Waals surface area contributed by atoms with Gasteiger partial charge in [0.15, 0.2) is 0 Å². The fourth-order valence-electron chi connectivity index (χ4n) is 3.02. The largest absolute Gasteiger partial charge is 0.312 e. The van der Waals surface area contributed by atoms with Crippen molar-refractivity contribution in [2.45, 2.75) is 46.1 Å². The Balaban J connectivity index is 1.55. The molecule has 0 radical (unpaired) electrons. The van der Waals surface area contributed by atoms with Crippen LogP contribution in [0.5, 0.6) is 0 Å². The molecule has 0 aliphatic heterocycles. The van der Waals surface area contributed by atoms with Gasteiger partial charge in [0.1, 0.15) is 0 Å². The normalized spacial score (nSPS) is 21.5. The summed E-state index contributed by atoms with van der Waals surface area (Å²) in [6, 6.07) is 6.75. The van der Waals surface area contributed by atoms with Gasteiger partial charge in [0.25, 0.3) is 0 Å². The summed E-state index contributed by atoms with van der Waals surface area (Å²) < 4.78 is 0. The lowest BCUT2D eigenvalue weighted by molar-refractivity contribution is 0.403. The topological polar surface area (TPSA) is 12.0 Å². The second-order valence-electron chi connectivity index (χ2n) is 6.17. The third kappa shape index (κ3) is 2.40. The van der Waals surface area contributed by atoms with Crippen molar-refractivity contribution in [2.75, 3.05) is 6.54 Å². The second kappa shape index (κ2) is 4.13. The van der Waals surface area contributed by atoms with Gasteiger partial charge < -0.3 is 5.32 Å². The highest BCUT2D eigenvalue weighted by molar-refractivity contribution is 5.30. The quantitative estimate of drug-likeness (QED) is 0.813. The van der Waals surface area contributed by atoms with Crippen LogP contribution in [-0.4, -0.2) is 6.54 Å². The summed E-state index contributed by atoms with van der Waals surface area (Å²) in [6.45, 7) is 6.67. The zero-order valence-corrected chi connectivity index (χ0v) is 11.1. The van der Waals surface area contributed by atoms with E-state index in [9.17, 15) is 0 Å². The van der Waals surface area contributed by atoms with Crippen LogP contribution in [0.3, 0.4) is 0 Å². The molecule has 0 aromatic heterocycles. The summed E-state index contributed by atoms with van der Waals surface area (Å²) in [6.07, 6.45) is 5.92. The average molecular weight is 229 g/mol. The number of hydrogen-bond acceptors (Lipinski definition) is 1. The highest BCUT2D eigenvalue weighted by atomic mass is 14.9. The highest BCUT2D eigenvalue weighted by Gasteiger charge is 2.53. The van der Waals surface area contributed by atoms with Crippen LogP contribution >= 0.6 is 0 Å². The lowest BCUT2D eigenvalue weighted by atomic mass is 10.00. The summed E-state index contributed by atoms with van der Waals surface area (Å²) in [7, 11) is 0. The molecule has 2 aliphatic carbocycles. The van der Waals surface area contributed by atoms with E-state index in [1.807, 2.05) is 0 Å². The van der Waals surface area contributed by atoms with Gasteiger partial charge >= 0.3 is 0 Å². The molecule has 1 aromatic rings. The number of aryl methyl sites for hydroxylation is 2. The van der Waals surface area contributed by atoms with Crippen molar-refractivity contribution >= 4 is 0 Å². The molecular weight excluding hydrogens is 206 g/mol. The Labute approximate surface area is 105 Å². The minimum atomic E-state index is 0.720. The minimum absolute atomic E-state index is 0.720. The lowest BCUT2D eigenvalue weighted by Gasteiger charge is -2.16. The average Bonchev–Trinajstić information content (AvgIpc) is 3.14. The molecule has 1 aromatic carbocycles. The molecule has 0 unspecified atom stereocenters. The van der Waals surface area contributed by atoms with Crippen LogP contribution in [0.15, 0.2) is 18.2 Å². The first kappa shape index (κ1) is 11.3. The Morgan fingerprint density at radius 1 is 1.24 bits per heavy atom. The third-order valence-electron chi connectivity index (χ3n) is 4.63. The second-order valence-corrected chi connectivity index (χ2v) is 6.17. The van der Waals surface area contributed by atoms with Crippen molar-refractivity contribution in [3.8, 4) is 0 Å². The van der Waals surface area contributed by atoms with Crippen molar-refractivity contribution in [3.05, 3.63) is 34.9 Å². The molecule has 0 bridgehead atoms. The van der Waals surface area contributed by atoms with Gasteiger partial charge in [0.05, 0.1) is 0 Å². The van der Waals surface area contributed by atoms with Gasteiger partial charge in [0, 0.05) is 13.1 Å². The Morgan fingerprint density at radius 2 is 2.00 bits per heavy atom. The van der Waals surface area contributed by atoms with E-state index in [1.165, 1.54) is 48.9 Å². The van der Waals surface area contributed by atoms with E-state index >= 15 is 0 Å². The minimum Gasteiger partial charge on any atom is -0.312 e. The van der Waals surface area contributed by atoms with Crippen LogP contribution in [0.25, 0.3) is 0 Å². The molecular formula is C16H23N. The van der Waals surface area contributed by atoms with Crippen LogP contribution < -0.4 is 5.32 Å². The molecule has 2 fully saturated rings. The third-order valence-corrected chi connectivity index (χ3v) is 4.63. The van der Waals surface area contributed by atoms with E-state index in [0.717, 1.165) is 17.9 Å². The van der Waals surface area contributed by atoms with Crippen molar-refractivity contribution in [3.63, 3.8) is 0 Å². The van der Waals surface area contributed by atoms with Crippen molar-refractivity contribution in [1.82, 2.24) is 5.32 Å². The van der Waals surface area contributed by atoms with E-state index in [-0.39, 0.29) is 0 Å². The van der Waals surface area contributed by atoms with Gasteiger partial charge in [-0.3, -0.25) is 0 Å². The number of hydrogen-bond donors (Lipinski definition) is 1. The Kier molecular flexibility index (Phi) is 2.74. The molecule has 1 nitrogen and oxygen atoms in total. The van der Waals surface area contributed by atoms with Gasteiger partial charge in [-0.25, -0.2) is 0 Å². The summed E-state index contributed by atoms with van der Waals surface area (Å²) in [5, 5.41) is 3.69. The molecule has 1 heteroatoms. The van der Waals surface area contributed by atoms with Crippen LogP contribution in [0.2, 0.25) is 0 Å². The smallest absolute Gasteiger partial charge is 0.0208 e. The van der Waals surface area contributed by atoms with E-state index in [2.05, 4.69) is 37.4 Å². The van der Waals surface area contributed by atoms with Gasteiger partial charge in [-0.2, -0.15) is 0 Å². The Morgan fingerprint density at radius 3 is 2.65 bits per heavy atom. The molecule has 0 saturated heterocycles. The van der Waals surface area contributed by atoms with Crippen LogP contribution in [-0.2, 0) is 6.54 Å². The molecule has 3 rings (SSSR count). The summed E-state index contributed by atoms with van der Waals surface area (Å²) in [4.78, 5) is 0. The first-order chi connectivity index (χ1) is 8.20. The molecule has 2 aliphatic rings. The molecule has 92 valence electrons. The van der Waals surface area contributed by atoms with Gasteiger partial charge in [-0.15, -0.1) is 0 Å². The maximum Gasteiger partial charge on any atom is 0.0208 e. The van der Waals surface area contributed by atoms with Crippen molar-refractivity contribution in [2.24, 2.45) is 11.3 Å². The van der Waals surface area contributed by atoms with Gasteiger partial charge in [-0.1, -0.05) is 23.8 Å². The van der Waals surface area contributed by atoms with Gasteiger partial charge in [-0.05, 0) is 62.0 Å². The zero-order valence-electron chi connectivity index (χ0n) is 11.1. The van der Waals surface area contributed by atoms with Crippen molar-refractivity contribution < 1.29 is 0 Å². The molecule has 2 saturated carbocycles. The van der Waals surface area contributed by atoms with E-state index in [1.54, 1.807) is 0 Å². The highest BCUT2D eigenvalue weighted by Crippen LogP contribution is 2.60. The van der Waals surface area contributed by atoms with Crippen molar-refractivity contribution in [1.29, 1.82) is 0 Å².